The third kappa shape index (κ3) is 7.34. The third-order valence-electron chi connectivity index (χ3n) is 2.43. The SMILES string of the molecule is CCOc1ccc(NC(=O)CCC(=O)OC(C)(C)C)cc1. The second-order valence-electron chi connectivity index (χ2n) is 5.59. The Morgan fingerprint density at radius 3 is 2.24 bits per heavy atom. The van der Waals surface area contributed by atoms with Gasteiger partial charge in [0.2, 0.25) is 5.91 Å². The molecule has 1 N–H and O–H groups in total. The average Bonchev–Trinajstić information content (AvgIpc) is 2.37. The van der Waals surface area contributed by atoms with Gasteiger partial charge in [-0.1, -0.05) is 0 Å². The zero-order valence-electron chi connectivity index (χ0n) is 13.1. The van der Waals surface area contributed by atoms with Gasteiger partial charge in [-0.25, -0.2) is 0 Å². The third-order valence-corrected chi connectivity index (χ3v) is 2.43. The molecule has 21 heavy (non-hydrogen) atoms. The van der Waals surface area contributed by atoms with Crippen LogP contribution in [0.1, 0.15) is 40.5 Å². The lowest BCUT2D eigenvalue weighted by molar-refractivity contribution is -0.155. The molecule has 0 spiro atoms. The summed E-state index contributed by atoms with van der Waals surface area (Å²) in [5, 5.41) is 2.73. The average molecular weight is 293 g/mol. The Morgan fingerprint density at radius 2 is 1.71 bits per heavy atom. The lowest BCUT2D eigenvalue weighted by atomic mass is 10.2. The molecule has 0 aliphatic heterocycles. The highest BCUT2D eigenvalue weighted by atomic mass is 16.6. The molecular formula is C16H23NO4. The highest BCUT2D eigenvalue weighted by molar-refractivity contribution is 5.92. The van der Waals surface area contributed by atoms with Crippen molar-refractivity contribution >= 4 is 17.6 Å². The number of anilines is 1. The standard InChI is InChI=1S/C16H23NO4/c1-5-20-13-8-6-12(7-9-13)17-14(18)10-11-15(19)21-16(2,3)4/h6-9H,5,10-11H2,1-4H3,(H,17,18). The van der Waals surface area contributed by atoms with E-state index in [0.717, 1.165) is 5.75 Å². The molecule has 0 fully saturated rings. The molecule has 0 atom stereocenters. The van der Waals surface area contributed by atoms with Gasteiger partial charge in [-0.05, 0) is 52.0 Å². The van der Waals surface area contributed by atoms with E-state index in [1.54, 1.807) is 45.0 Å². The van der Waals surface area contributed by atoms with Crippen LogP contribution in [-0.4, -0.2) is 24.1 Å². The maximum atomic E-state index is 11.7. The van der Waals surface area contributed by atoms with Crippen LogP contribution in [0.4, 0.5) is 5.69 Å². The first kappa shape index (κ1) is 17.0. The van der Waals surface area contributed by atoms with Crippen molar-refractivity contribution < 1.29 is 19.1 Å². The minimum Gasteiger partial charge on any atom is -0.494 e. The number of carbonyl (C=O) groups excluding carboxylic acids is 2. The number of hydrogen-bond donors (Lipinski definition) is 1. The van der Waals surface area contributed by atoms with Crippen LogP contribution in [0.2, 0.25) is 0 Å². The van der Waals surface area contributed by atoms with Crippen LogP contribution in [0.3, 0.4) is 0 Å². The summed E-state index contributed by atoms with van der Waals surface area (Å²) < 4.78 is 10.5. The van der Waals surface area contributed by atoms with E-state index in [-0.39, 0.29) is 24.7 Å². The van der Waals surface area contributed by atoms with E-state index >= 15 is 0 Å². The zero-order chi connectivity index (χ0) is 15.9. The number of rotatable bonds is 6. The minimum atomic E-state index is -0.525. The predicted octanol–water partition coefficient (Wildman–Crippen LogP) is 3.15. The summed E-state index contributed by atoms with van der Waals surface area (Å²) >= 11 is 0. The number of esters is 1. The van der Waals surface area contributed by atoms with E-state index in [9.17, 15) is 9.59 Å². The lowest BCUT2D eigenvalue weighted by Gasteiger charge is -2.19. The van der Waals surface area contributed by atoms with Gasteiger partial charge in [0.25, 0.3) is 0 Å². The van der Waals surface area contributed by atoms with Gasteiger partial charge in [-0.15, -0.1) is 0 Å². The summed E-state index contributed by atoms with van der Waals surface area (Å²) in [6, 6.07) is 7.09. The molecule has 116 valence electrons. The molecular weight excluding hydrogens is 270 g/mol. The van der Waals surface area contributed by atoms with Crippen LogP contribution in [0, 0.1) is 0 Å². The highest BCUT2D eigenvalue weighted by Crippen LogP contribution is 2.16. The highest BCUT2D eigenvalue weighted by Gasteiger charge is 2.17. The summed E-state index contributed by atoms with van der Waals surface area (Å²) in [5.41, 5.74) is 0.149. The second-order valence-corrected chi connectivity index (χ2v) is 5.59. The number of amides is 1. The molecule has 5 heteroatoms. The monoisotopic (exact) mass is 293 g/mol. The first-order valence-corrected chi connectivity index (χ1v) is 7.04. The summed E-state index contributed by atoms with van der Waals surface area (Å²) in [6.07, 6.45) is 0.169. The molecule has 0 heterocycles. The maximum Gasteiger partial charge on any atom is 0.306 e. The molecule has 0 aromatic heterocycles. The minimum absolute atomic E-state index is 0.0696. The Hall–Kier alpha value is -2.04. The zero-order valence-corrected chi connectivity index (χ0v) is 13.1. The summed E-state index contributed by atoms with van der Waals surface area (Å²) in [6.45, 7) is 7.90. The van der Waals surface area contributed by atoms with Gasteiger partial charge in [-0.2, -0.15) is 0 Å². The fourth-order valence-corrected chi connectivity index (χ4v) is 1.63. The Kier molecular flexibility index (Phi) is 6.21. The van der Waals surface area contributed by atoms with Crippen LogP contribution in [0.25, 0.3) is 0 Å². The van der Waals surface area contributed by atoms with E-state index < -0.39 is 5.60 Å². The van der Waals surface area contributed by atoms with Gasteiger partial charge in [0.1, 0.15) is 11.4 Å². The molecule has 0 saturated heterocycles. The summed E-state index contributed by atoms with van der Waals surface area (Å²) in [5.74, 6) is 0.165. The van der Waals surface area contributed by atoms with Gasteiger partial charge < -0.3 is 14.8 Å². The molecule has 1 aromatic carbocycles. The number of hydrogen-bond acceptors (Lipinski definition) is 4. The van der Waals surface area contributed by atoms with E-state index in [2.05, 4.69) is 5.32 Å². The van der Waals surface area contributed by atoms with Gasteiger partial charge >= 0.3 is 5.97 Å². The smallest absolute Gasteiger partial charge is 0.306 e. The number of carbonyl (C=O) groups is 2. The van der Waals surface area contributed by atoms with Crippen molar-refractivity contribution in [2.45, 2.75) is 46.1 Å². The maximum absolute atomic E-state index is 11.7. The van der Waals surface area contributed by atoms with E-state index in [1.165, 1.54) is 0 Å². The molecule has 1 amide bonds. The molecule has 1 aromatic rings. The van der Waals surface area contributed by atoms with Crippen molar-refractivity contribution in [3.05, 3.63) is 24.3 Å². The number of benzene rings is 1. The van der Waals surface area contributed by atoms with Crippen molar-refractivity contribution in [1.29, 1.82) is 0 Å². The first-order chi connectivity index (χ1) is 9.80. The fourth-order valence-electron chi connectivity index (χ4n) is 1.63. The molecule has 1 rings (SSSR count). The Morgan fingerprint density at radius 1 is 1.10 bits per heavy atom. The Balaban J connectivity index is 2.38. The summed E-state index contributed by atoms with van der Waals surface area (Å²) in [4.78, 5) is 23.3. The van der Waals surface area contributed by atoms with Crippen LogP contribution >= 0.6 is 0 Å². The first-order valence-electron chi connectivity index (χ1n) is 7.04. The van der Waals surface area contributed by atoms with Crippen molar-refractivity contribution in [3.8, 4) is 5.75 Å². The second kappa shape index (κ2) is 7.67. The Labute approximate surface area is 125 Å². The number of nitrogens with one attached hydrogen (secondary N) is 1. The number of ether oxygens (including phenoxy) is 2. The van der Waals surface area contributed by atoms with E-state index in [0.29, 0.717) is 12.3 Å². The largest absolute Gasteiger partial charge is 0.494 e. The topological polar surface area (TPSA) is 64.6 Å². The van der Waals surface area contributed by atoms with Gasteiger partial charge in [0.05, 0.1) is 13.0 Å². The molecule has 0 aliphatic carbocycles. The van der Waals surface area contributed by atoms with Crippen molar-refractivity contribution in [3.63, 3.8) is 0 Å². The van der Waals surface area contributed by atoms with E-state index in [4.69, 9.17) is 9.47 Å². The Bertz CT molecular complexity index is 474. The van der Waals surface area contributed by atoms with Crippen molar-refractivity contribution in [2.24, 2.45) is 0 Å². The van der Waals surface area contributed by atoms with Crippen LogP contribution in [0.15, 0.2) is 24.3 Å². The van der Waals surface area contributed by atoms with Crippen LogP contribution < -0.4 is 10.1 Å². The van der Waals surface area contributed by atoms with Crippen molar-refractivity contribution in [2.75, 3.05) is 11.9 Å². The van der Waals surface area contributed by atoms with Gasteiger partial charge in [0.15, 0.2) is 0 Å². The van der Waals surface area contributed by atoms with Gasteiger partial charge in [0, 0.05) is 12.1 Å². The molecule has 0 bridgehead atoms. The summed E-state index contributed by atoms with van der Waals surface area (Å²) in [7, 11) is 0. The molecule has 0 aliphatic rings. The molecule has 0 unspecified atom stereocenters. The van der Waals surface area contributed by atoms with E-state index in [1.807, 2.05) is 6.92 Å². The molecule has 0 saturated carbocycles. The van der Waals surface area contributed by atoms with Crippen LogP contribution in [-0.2, 0) is 14.3 Å². The van der Waals surface area contributed by atoms with Crippen LogP contribution in [0.5, 0.6) is 5.75 Å². The normalized spacial score (nSPS) is 10.9. The molecule has 0 radical (unpaired) electrons. The fraction of sp³-hybridized carbons (Fsp3) is 0.500. The van der Waals surface area contributed by atoms with Gasteiger partial charge in [-0.3, -0.25) is 9.59 Å². The predicted molar refractivity (Wildman–Crippen MR) is 81.3 cm³/mol. The quantitative estimate of drug-likeness (QED) is 0.818. The lowest BCUT2D eigenvalue weighted by Crippen LogP contribution is -2.24. The van der Waals surface area contributed by atoms with Crippen molar-refractivity contribution in [1.82, 2.24) is 0 Å². The molecule has 5 nitrogen and oxygen atoms in total.